The first kappa shape index (κ1) is 11.9. The van der Waals surface area contributed by atoms with E-state index < -0.39 is 0 Å². The minimum atomic E-state index is -0.0266. The van der Waals surface area contributed by atoms with E-state index in [0.717, 1.165) is 17.3 Å². The third-order valence-electron chi connectivity index (χ3n) is 2.87. The maximum absolute atomic E-state index is 11.9. The van der Waals surface area contributed by atoms with Gasteiger partial charge in [-0.3, -0.25) is 4.79 Å². The van der Waals surface area contributed by atoms with E-state index in [1.807, 2.05) is 0 Å². The van der Waals surface area contributed by atoms with Gasteiger partial charge in [0, 0.05) is 16.1 Å². The molecule has 0 heterocycles. The number of nitrogens with one attached hydrogen (secondary N) is 1. The van der Waals surface area contributed by atoms with E-state index in [1.165, 1.54) is 12.8 Å². The van der Waals surface area contributed by atoms with Gasteiger partial charge in [-0.05, 0) is 47.0 Å². The van der Waals surface area contributed by atoms with Crippen molar-refractivity contribution in [1.29, 1.82) is 0 Å². The monoisotopic (exact) mass is 301 g/mol. The Bertz CT molecular complexity index is 402. The molecule has 0 unspecified atom stereocenters. The molecule has 4 heteroatoms. The topological polar surface area (TPSA) is 29.1 Å². The Morgan fingerprint density at radius 2 is 2.06 bits per heavy atom. The molecule has 0 bridgehead atoms. The van der Waals surface area contributed by atoms with Gasteiger partial charge in [-0.2, -0.15) is 0 Å². The fourth-order valence-electron chi connectivity index (χ4n) is 1.98. The maximum Gasteiger partial charge on any atom is 0.251 e. The van der Waals surface area contributed by atoms with Crippen molar-refractivity contribution in [2.24, 2.45) is 0 Å². The lowest BCUT2D eigenvalue weighted by atomic mass is 10.2. The summed E-state index contributed by atoms with van der Waals surface area (Å²) in [6, 6.07) is 5.61. The summed E-state index contributed by atoms with van der Waals surface area (Å²) in [6.45, 7) is 0. The second-order valence-corrected chi connectivity index (χ2v) is 5.35. The molecule has 1 fully saturated rings. The van der Waals surface area contributed by atoms with Gasteiger partial charge in [-0.15, -0.1) is 0 Å². The van der Waals surface area contributed by atoms with Crippen molar-refractivity contribution in [3.05, 3.63) is 33.3 Å². The van der Waals surface area contributed by atoms with Crippen LogP contribution in [0.25, 0.3) is 0 Å². The molecule has 0 aliphatic heterocycles. The number of halogens is 2. The van der Waals surface area contributed by atoms with Crippen LogP contribution < -0.4 is 5.32 Å². The molecule has 0 spiro atoms. The molecule has 0 radical (unpaired) electrons. The Balaban J connectivity index is 2.05. The van der Waals surface area contributed by atoms with Crippen LogP contribution in [0.15, 0.2) is 22.7 Å². The van der Waals surface area contributed by atoms with Crippen molar-refractivity contribution in [1.82, 2.24) is 5.32 Å². The van der Waals surface area contributed by atoms with E-state index in [4.69, 9.17) is 11.6 Å². The van der Waals surface area contributed by atoms with Crippen molar-refractivity contribution >= 4 is 33.4 Å². The van der Waals surface area contributed by atoms with Gasteiger partial charge < -0.3 is 5.32 Å². The number of carbonyl (C=O) groups excluding carboxylic acids is 1. The summed E-state index contributed by atoms with van der Waals surface area (Å²) in [5.41, 5.74) is 0.625. The highest BCUT2D eigenvalue weighted by atomic mass is 79.9. The van der Waals surface area contributed by atoms with Crippen LogP contribution in [0.5, 0.6) is 0 Å². The molecule has 1 aromatic rings. The molecule has 2 rings (SSSR count). The largest absolute Gasteiger partial charge is 0.349 e. The minimum absolute atomic E-state index is 0.0266. The lowest BCUT2D eigenvalue weighted by molar-refractivity contribution is 0.0938. The van der Waals surface area contributed by atoms with E-state index in [2.05, 4.69) is 21.2 Å². The molecule has 86 valence electrons. The first-order chi connectivity index (χ1) is 7.66. The van der Waals surface area contributed by atoms with Crippen molar-refractivity contribution < 1.29 is 4.79 Å². The zero-order chi connectivity index (χ0) is 11.5. The van der Waals surface area contributed by atoms with Crippen molar-refractivity contribution in [2.75, 3.05) is 0 Å². The Morgan fingerprint density at radius 1 is 1.38 bits per heavy atom. The molecule has 0 saturated heterocycles. The maximum atomic E-state index is 11.9. The molecule has 1 aliphatic carbocycles. The Labute approximate surface area is 108 Å². The lowest BCUT2D eigenvalue weighted by Gasteiger charge is -2.12. The van der Waals surface area contributed by atoms with Crippen LogP contribution in [0.1, 0.15) is 36.0 Å². The van der Waals surface area contributed by atoms with Crippen LogP contribution >= 0.6 is 27.5 Å². The molecular weight excluding hydrogens is 289 g/mol. The van der Waals surface area contributed by atoms with Gasteiger partial charge in [0.2, 0.25) is 0 Å². The standard InChI is InChI=1S/C12H13BrClNO/c13-10-6-5-8(7-11(10)14)12(16)15-9-3-1-2-4-9/h5-7,9H,1-4H2,(H,15,16). The van der Waals surface area contributed by atoms with Crippen LogP contribution in [0.4, 0.5) is 0 Å². The highest BCUT2D eigenvalue weighted by Gasteiger charge is 2.18. The quantitative estimate of drug-likeness (QED) is 0.885. The SMILES string of the molecule is O=C(NC1CCCC1)c1ccc(Br)c(Cl)c1. The first-order valence-electron chi connectivity index (χ1n) is 5.43. The Hall–Kier alpha value is -0.540. The number of hydrogen-bond donors (Lipinski definition) is 1. The molecule has 16 heavy (non-hydrogen) atoms. The van der Waals surface area contributed by atoms with Crippen LogP contribution in [0.2, 0.25) is 5.02 Å². The highest BCUT2D eigenvalue weighted by molar-refractivity contribution is 9.10. The number of benzene rings is 1. The third kappa shape index (κ3) is 2.77. The normalized spacial score (nSPS) is 16.4. The zero-order valence-corrected chi connectivity index (χ0v) is 11.1. The molecule has 2 nitrogen and oxygen atoms in total. The summed E-state index contributed by atoms with van der Waals surface area (Å²) in [7, 11) is 0. The number of carbonyl (C=O) groups is 1. The summed E-state index contributed by atoms with van der Waals surface area (Å²) in [6.07, 6.45) is 4.62. The Morgan fingerprint density at radius 3 is 2.69 bits per heavy atom. The third-order valence-corrected chi connectivity index (χ3v) is 4.10. The summed E-state index contributed by atoms with van der Waals surface area (Å²) < 4.78 is 0.812. The van der Waals surface area contributed by atoms with Gasteiger partial charge in [0.1, 0.15) is 0 Å². The predicted octanol–water partition coefficient (Wildman–Crippen LogP) is 3.77. The van der Waals surface area contributed by atoms with Gasteiger partial charge in [0.25, 0.3) is 5.91 Å². The van der Waals surface area contributed by atoms with E-state index in [0.29, 0.717) is 16.6 Å². The van der Waals surface area contributed by atoms with E-state index in [-0.39, 0.29) is 5.91 Å². The number of hydrogen-bond acceptors (Lipinski definition) is 1. The van der Waals surface area contributed by atoms with Gasteiger partial charge in [-0.1, -0.05) is 24.4 Å². The summed E-state index contributed by atoms with van der Waals surface area (Å²) >= 11 is 9.25. The smallest absolute Gasteiger partial charge is 0.251 e. The molecule has 1 saturated carbocycles. The van der Waals surface area contributed by atoms with Crippen molar-refractivity contribution in [3.63, 3.8) is 0 Å². The van der Waals surface area contributed by atoms with E-state index in [1.54, 1.807) is 18.2 Å². The van der Waals surface area contributed by atoms with Crippen LogP contribution in [-0.2, 0) is 0 Å². The van der Waals surface area contributed by atoms with Gasteiger partial charge in [0.15, 0.2) is 0 Å². The van der Waals surface area contributed by atoms with Gasteiger partial charge in [0.05, 0.1) is 5.02 Å². The van der Waals surface area contributed by atoms with Crippen LogP contribution in [0, 0.1) is 0 Å². The second-order valence-electron chi connectivity index (χ2n) is 4.08. The molecule has 1 aliphatic rings. The molecule has 1 amide bonds. The first-order valence-corrected chi connectivity index (χ1v) is 6.60. The molecule has 0 atom stereocenters. The fraction of sp³-hybridized carbons (Fsp3) is 0.417. The van der Waals surface area contributed by atoms with E-state index >= 15 is 0 Å². The second kappa shape index (κ2) is 5.19. The lowest BCUT2D eigenvalue weighted by Crippen LogP contribution is -2.32. The molecule has 1 aromatic carbocycles. The molecule has 1 N–H and O–H groups in total. The summed E-state index contributed by atoms with van der Waals surface area (Å²) in [4.78, 5) is 11.9. The van der Waals surface area contributed by atoms with Crippen LogP contribution in [0.3, 0.4) is 0 Å². The highest BCUT2D eigenvalue weighted by Crippen LogP contribution is 2.24. The summed E-state index contributed by atoms with van der Waals surface area (Å²) in [5, 5.41) is 3.60. The molecular formula is C12H13BrClNO. The average molecular weight is 303 g/mol. The predicted molar refractivity (Wildman–Crippen MR) is 68.9 cm³/mol. The van der Waals surface area contributed by atoms with Gasteiger partial charge in [-0.25, -0.2) is 0 Å². The van der Waals surface area contributed by atoms with Crippen molar-refractivity contribution in [3.8, 4) is 0 Å². The summed E-state index contributed by atoms with van der Waals surface area (Å²) in [5.74, 6) is -0.0266. The molecule has 0 aromatic heterocycles. The minimum Gasteiger partial charge on any atom is -0.349 e. The van der Waals surface area contributed by atoms with E-state index in [9.17, 15) is 4.79 Å². The number of rotatable bonds is 2. The Kier molecular flexibility index (Phi) is 3.87. The zero-order valence-electron chi connectivity index (χ0n) is 8.80. The average Bonchev–Trinajstić information content (AvgIpc) is 2.74. The van der Waals surface area contributed by atoms with Crippen LogP contribution in [-0.4, -0.2) is 11.9 Å². The number of amides is 1. The fourth-order valence-corrected chi connectivity index (χ4v) is 2.40. The van der Waals surface area contributed by atoms with Gasteiger partial charge >= 0.3 is 0 Å². The van der Waals surface area contributed by atoms with Crippen molar-refractivity contribution in [2.45, 2.75) is 31.7 Å².